The Bertz CT molecular complexity index is 913. The van der Waals surface area contributed by atoms with E-state index in [0.29, 0.717) is 16.7 Å². The van der Waals surface area contributed by atoms with Gasteiger partial charge < -0.3 is 5.32 Å². The van der Waals surface area contributed by atoms with Gasteiger partial charge in [-0.2, -0.15) is 0 Å². The molecule has 1 N–H and O–H groups in total. The van der Waals surface area contributed by atoms with Crippen LogP contribution >= 0.6 is 0 Å². The van der Waals surface area contributed by atoms with Gasteiger partial charge in [-0.15, -0.1) is 0 Å². The van der Waals surface area contributed by atoms with E-state index in [1.54, 1.807) is 36.4 Å². The zero-order chi connectivity index (χ0) is 17.8. The van der Waals surface area contributed by atoms with Crippen LogP contribution in [0.15, 0.2) is 72.8 Å². The highest BCUT2D eigenvalue weighted by atomic mass is 16.1. The molecule has 0 radical (unpaired) electrons. The molecular formula is C22H19NO2. The van der Waals surface area contributed by atoms with Crippen LogP contribution in [0.1, 0.15) is 37.4 Å². The number of nitrogens with one attached hydrogen (secondary N) is 1. The van der Waals surface area contributed by atoms with Gasteiger partial charge in [0.1, 0.15) is 0 Å². The molecule has 3 heteroatoms. The quantitative estimate of drug-likeness (QED) is 0.700. The van der Waals surface area contributed by atoms with Gasteiger partial charge >= 0.3 is 0 Å². The number of rotatable bonds is 4. The molecule has 0 spiro atoms. The second-order valence-electron chi connectivity index (χ2n) is 5.97. The van der Waals surface area contributed by atoms with Crippen molar-refractivity contribution >= 4 is 17.4 Å². The Kier molecular flexibility index (Phi) is 4.75. The minimum atomic E-state index is -0.188. The van der Waals surface area contributed by atoms with E-state index in [1.807, 2.05) is 50.2 Å². The Morgan fingerprint density at radius 3 is 1.96 bits per heavy atom. The predicted octanol–water partition coefficient (Wildman–Crippen LogP) is 4.79. The van der Waals surface area contributed by atoms with Crippen LogP contribution in [0.3, 0.4) is 0 Å². The summed E-state index contributed by atoms with van der Waals surface area (Å²) in [7, 11) is 0. The molecule has 0 unspecified atom stereocenters. The summed E-state index contributed by atoms with van der Waals surface area (Å²) in [5, 5.41) is 2.92. The maximum absolute atomic E-state index is 12.4. The summed E-state index contributed by atoms with van der Waals surface area (Å²) >= 11 is 0. The largest absolute Gasteiger partial charge is 0.322 e. The lowest BCUT2D eigenvalue weighted by atomic mass is 10.0. The number of aryl methyl sites for hydroxylation is 1. The van der Waals surface area contributed by atoms with Crippen LogP contribution in [0.5, 0.6) is 0 Å². The summed E-state index contributed by atoms with van der Waals surface area (Å²) in [6.45, 7) is 3.99. The third kappa shape index (κ3) is 3.66. The van der Waals surface area contributed by atoms with Gasteiger partial charge in [-0.3, -0.25) is 9.59 Å². The minimum Gasteiger partial charge on any atom is -0.322 e. The molecule has 3 aromatic carbocycles. The molecular weight excluding hydrogens is 310 g/mol. The van der Waals surface area contributed by atoms with Crippen LogP contribution in [0, 0.1) is 13.8 Å². The van der Waals surface area contributed by atoms with Crippen molar-refractivity contribution in [2.24, 2.45) is 0 Å². The second-order valence-corrected chi connectivity index (χ2v) is 5.97. The smallest absolute Gasteiger partial charge is 0.255 e. The fourth-order valence-corrected chi connectivity index (χ4v) is 2.61. The molecule has 25 heavy (non-hydrogen) atoms. The summed E-state index contributed by atoms with van der Waals surface area (Å²) < 4.78 is 0. The summed E-state index contributed by atoms with van der Waals surface area (Å²) in [5.74, 6) is -0.241. The number of anilines is 1. The first kappa shape index (κ1) is 16.7. The van der Waals surface area contributed by atoms with Crippen molar-refractivity contribution in [2.45, 2.75) is 13.8 Å². The summed E-state index contributed by atoms with van der Waals surface area (Å²) in [6.07, 6.45) is 0. The average molecular weight is 329 g/mol. The molecule has 0 fully saturated rings. The van der Waals surface area contributed by atoms with E-state index >= 15 is 0 Å². The number of carbonyl (C=O) groups is 2. The zero-order valence-electron chi connectivity index (χ0n) is 14.2. The Labute approximate surface area is 147 Å². The first-order chi connectivity index (χ1) is 12.1. The van der Waals surface area contributed by atoms with Crippen LogP contribution in [0.4, 0.5) is 5.69 Å². The van der Waals surface area contributed by atoms with Crippen LogP contribution in [-0.4, -0.2) is 11.7 Å². The van der Waals surface area contributed by atoms with E-state index in [4.69, 9.17) is 0 Å². The predicted molar refractivity (Wildman–Crippen MR) is 100 cm³/mol. The van der Waals surface area contributed by atoms with Gasteiger partial charge in [0.05, 0.1) is 0 Å². The van der Waals surface area contributed by atoms with Crippen LogP contribution in [0.25, 0.3) is 0 Å². The molecule has 3 aromatic rings. The maximum Gasteiger partial charge on any atom is 0.255 e. The number of carbonyl (C=O) groups excluding carboxylic acids is 2. The molecule has 0 aliphatic carbocycles. The third-order valence-electron chi connectivity index (χ3n) is 4.30. The van der Waals surface area contributed by atoms with Crippen molar-refractivity contribution in [3.63, 3.8) is 0 Å². The molecule has 0 heterocycles. The van der Waals surface area contributed by atoms with Crippen molar-refractivity contribution in [3.05, 3.63) is 101 Å². The van der Waals surface area contributed by atoms with E-state index in [0.717, 1.165) is 16.8 Å². The van der Waals surface area contributed by atoms with Crippen LogP contribution in [0.2, 0.25) is 0 Å². The van der Waals surface area contributed by atoms with Gasteiger partial charge in [0.15, 0.2) is 5.78 Å². The minimum absolute atomic E-state index is 0.0536. The van der Waals surface area contributed by atoms with E-state index in [9.17, 15) is 9.59 Å². The molecule has 0 aliphatic rings. The second kappa shape index (κ2) is 7.14. The van der Waals surface area contributed by atoms with E-state index < -0.39 is 0 Å². The lowest BCUT2D eigenvalue weighted by Gasteiger charge is -2.10. The van der Waals surface area contributed by atoms with Gasteiger partial charge in [-0.1, -0.05) is 54.6 Å². The van der Waals surface area contributed by atoms with E-state index in [2.05, 4.69) is 5.32 Å². The Morgan fingerprint density at radius 2 is 1.28 bits per heavy atom. The van der Waals surface area contributed by atoms with Crippen molar-refractivity contribution in [1.29, 1.82) is 0 Å². The lowest BCUT2D eigenvalue weighted by molar-refractivity contribution is 0.102. The maximum atomic E-state index is 12.4. The number of ketones is 1. The fourth-order valence-electron chi connectivity index (χ4n) is 2.61. The molecule has 3 rings (SSSR count). The standard InChI is InChI=1S/C22H19NO2/c1-15-7-6-10-20(16(15)2)23-22(25)19-13-11-18(12-14-19)21(24)17-8-4-3-5-9-17/h3-14H,1-2H3,(H,23,25). The summed E-state index contributed by atoms with van der Waals surface area (Å²) in [6, 6.07) is 21.6. The summed E-state index contributed by atoms with van der Waals surface area (Å²) in [4.78, 5) is 24.8. The number of hydrogen-bond acceptors (Lipinski definition) is 2. The van der Waals surface area contributed by atoms with Gasteiger partial charge in [-0.25, -0.2) is 0 Å². The molecule has 0 saturated carbocycles. The summed E-state index contributed by atoms with van der Waals surface area (Å²) in [5.41, 5.74) is 4.69. The zero-order valence-corrected chi connectivity index (χ0v) is 14.2. The third-order valence-corrected chi connectivity index (χ3v) is 4.30. The first-order valence-corrected chi connectivity index (χ1v) is 8.13. The fraction of sp³-hybridized carbons (Fsp3) is 0.0909. The molecule has 0 bridgehead atoms. The van der Waals surface area contributed by atoms with Gasteiger partial charge in [0.25, 0.3) is 5.91 Å². The van der Waals surface area contributed by atoms with Crippen LogP contribution < -0.4 is 5.32 Å². The normalized spacial score (nSPS) is 10.3. The van der Waals surface area contributed by atoms with Crippen LogP contribution in [-0.2, 0) is 0 Å². The topological polar surface area (TPSA) is 46.2 Å². The van der Waals surface area contributed by atoms with Crippen molar-refractivity contribution < 1.29 is 9.59 Å². The highest BCUT2D eigenvalue weighted by molar-refractivity contribution is 6.10. The Morgan fingerprint density at radius 1 is 0.680 bits per heavy atom. The molecule has 0 aliphatic heterocycles. The average Bonchev–Trinajstić information content (AvgIpc) is 2.65. The monoisotopic (exact) mass is 329 g/mol. The molecule has 0 atom stereocenters. The van der Waals surface area contributed by atoms with Crippen molar-refractivity contribution in [1.82, 2.24) is 0 Å². The van der Waals surface area contributed by atoms with E-state index in [1.165, 1.54) is 0 Å². The van der Waals surface area contributed by atoms with Gasteiger partial charge in [0, 0.05) is 22.4 Å². The highest BCUT2D eigenvalue weighted by Crippen LogP contribution is 2.19. The Hall–Kier alpha value is -3.20. The first-order valence-electron chi connectivity index (χ1n) is 8.13. The SMILES string of the molecule is Cc1cccc(NC(=O)c2ccc(C(=O)c3ccccc3)cc2)c1C. The number of amides is 1. The van der Waals surface area contributed by atoms with E-state index in [-0.39, 0.29) is 11.7 Å². The molecule has 0 aromatic heterocycles. The highest BCUT2D eigenvalue weighted by Gasteiger charge is 2.11. The lowest BCUT2D eigenvalue weighted by Crippen LogP contribution is -2.13. The molecule has 124 valence electrons. The van der Waals surface area contributed by atoms with Gasteiger partial charge in [0.2, 0.25) is 0 Å². The Balaban J connectivity index is 1.77. The number of benzene rings is 3. The number of hydrogen-bond donors (Lipinski definition) is 1. The van der Waals surface area contributed by atoms with Crippen molar-refractivity contribution in [2.75, 3.05) is 5.32 Å². The molecule has 0 saturated heterocycles. The van der Waals surface area contributed by atoms with Crippen molar-refractivity contribution in [3.8, 4) is 0 Å². The van der Waals surface area contributed by atoms with Gasteiger partial charge in [-0.05, 0) is 43.2 Å². The molecule has 3 nitrogen and oxygen atoms in total. The molecule has 1 amide bonds.